The third-order valence-electron chi connectivity index (χ3n) is 1.70. The Labute approximate surface area is 91.1 Å². The summed E-state index contributed by atoms with van der Waals surface area (Å²) in [5.74, 6) is -1.24. The highest BCUT2D eigenvalue weighted by atomic mass is 19.3. The van der Waals surface area contributed by atoms with Gasteiger partial charge in [0.25, 0.3) is 6.43 Å². The quantitative estimate of drug-likeness (QED) is 0.666. The highest BCUT2D eigenvalue weighted by molar-refractivity contribution is 5.79. The summed E-state index contributed by atoms with van der Waals surface area (Å²) in [5, 5.41) is 17.0. The van der Waals surface area contributed by atoms with E-state index in [9.17, 15) is 18.4 Å². The number of nitrogens with zero attached hydrogens (tertiary/aromatic N) is 2. The minimum absolute atomic E-state index is 0.257. The van der Waals surface area contributed by atoms with Crippen molar-refractivity contribution in [1.82, 2.24) is 9.80 Å². The van der Waals surface area contributed by atoms with Crippen molar-refractivity contribution in [3.05, 3.63) is 0 Å². The zero-order chi connectivity index (χ0) is 12.7. The summed E-state index contributed by atoms with van der Waals surface area (Å²) in [4.78, 5) is 23.2. The number of carboxylic acid groups (broad SMARTS) is 1. The first-order valence-corrected chi connectivity index (χ1v) is 4.49. The lowest BCUT2D eigenvalue weighted by molar-refractivity contribution is -0.137. The maximum Gasteiger partial charge on any atom is 0.323 e. The highest BCUT2D eigenvalue weighted by Crippen LogP contribution is 2.02. The molecule has 0 aromatic rings. The molecule has 2 N–H and O–H groups in total. The van der Waals surface area contributed by atoms with E-state index < -0.39 is 38.1 Å². The number of hydrogen-bond donors (Lipinski definition) is 2. The van der Waals surface area contributed by atoms with Crippen LogP contribution in [-0.2, 0) is 4.79 Å². The molecule has 0 heterocycles. The molecule has 0 rings (SSSR count). The summed E-state index contributed by atoms with van der Waals surface area (Å²) in [7, 11) is 1.19. The van der Waals surface area contributed by atoms with Gasteiger partial charge in [-0.1, -0.05) is 0 Å². The summed E-state index contributed by atoms with van der Waals surface area (Å²) in [6.07, 6.45) is -2.73. The molecule has 0 bridgehead atoms. The van der Waals surface area contributed by atoms with Crippen LogP contribution in [0.2, 0.25) is 0 Å². The summed E-state index contributed by atoms with van der Waals surface area (Å²) in [6.45, 7) is -2.13. The first-order chi connectivity index (χ1) is 7.38. The Kier molecular flexibility index (Phi) is 6.31. The van der Waals surface area contributed by atoms with Crippen LogP contribution >= 0.6 is 0 Å². The van der Waals surface area contributed by atoms with Crippen LogP contribution in [0, 0.1) is 0 Å². The lowest BCUT2D eigenvalue weighted by Gasteiger charge is -2.26. The van der Waals surface area contributed by atoms with Gasteiger partial charge in [0.05, 0.1) is 13.2 Å². The SMILES string of the molecule is CN(CC(=O)O)C(=O)N(CCO)CC(F)F. The number of likely N-dealkylation sites (N-methyl/N-ethyl adjacent to an activating group) is 1. The molecule has 0 aromatic carbocycles. The Morgan fingerprint density at radius 2 is 1.94 bits per heavy atom. The smallest absolute Gasteiger partial charge is 0.323 e. The zero-order valence-corrected chi connectivity index (χ0v) is 8.77. The Balaban J connectivity index is 4.40. The topological polar surface area (TPSA) is 81.1 Å². The number of urea groups is 1. The average Bonchev–Trinajstić information content (AvgIpc) is 2.14. The van der Waals surface area contributed by atoms with Gasteiger partial charge in [-0.3, -0.25) is 4.79 Å². The number of alkyl halides is 2. The Hall–Kier alpha value is -1.44. The van der Waals surface area contributed by atoms with Crippen molar-refractivity contribution in [3.63, 3.8) is 0 Å². The fourth-order valence-electron chi connectivity index (χ4n) is 1.06. The van der Waals surface area contributed by atoms with Crippen LogP contribution in [0.4, 0.5) is 13.6 Å². The van der Waals surface area contributed by atoms with E-state index in [1.807, 2.05) is 0 Å². The maximum atomic E-state index is 12.1. The molecule has 0 aromatic heterocycles. The molecule has 0 aliphatic rings. The van der Waals surface area contributed by atoms with Crippen LogP contribution < -0.4 is 0 Å². The van der Waals surface area contributed by atoms with Gasteiger partial charge in [0, 0.05) is 13.6 Å². The molecule has 0 aliphatic heterocycles. The number of aliphatic carboxylic acids is 1. The third kappa shape index (κ3) is 5.44. The molecular weight excluding hydrogens is 226 g/mol. The van der Waals surface area contributed by atoms with Gasteiger partial charge >= 0.3 is 12.0 Å². The Bertz CT molecular complexity index is 250. The Morgan fingerprint density at radius 3 is 2.31 bits per heavy atom. The summed E-state index contributed by atoms with van der Waals surface area (Å²) in [5.41, 5.74) is 0. The van der Waals surface area contributed by atoms with Crippen LogP contribution in [0.3, 0.4) is 0 Å². The number of halogens is 2. The molecule has 16 heavy (non-hydrogen) atoms. The normalized spacial score (nSPS) is 10.3. The monoisotopic (exact) mass is 240 g/mol. The number of hydrogen-bond acceptors (Lipinski definition) is 3. The summed E-state index contributed by atoms with van der Waals surface area (Å²) in [6, 6.07) is -0.850. The highest BCUT2D eigenvalue weighted by Gasteiger charge is 2.22. The van der Waals surface area contributed by atoms with E-state index in [2.05, 4.69) is 0 Å². The molecule has 0 radical (unpaired) electrons. The molecule has 0 aliphatic carbocycles. The van der Waals surface area contributed by atoms with Gasteiger partial charge in [0.15, 0.2) is 0 Å². The summed E-state index contributed by atoms with van der Waals surface area (Å²) >= 11 is 0. The molecule has 0 atom stereocenters. The van der Waals surface area contributed by atoms with E-state index in [0.29, 0.717) is 4.90 Å². The lowest BCUT2D eigenvalue weighted by atomic mass is 10.4. The average molecular weight is 240 g/mol. The van der Waals surface area contributed by atoms with Crippen molar-refractivity contribution in [2.75, 3.05) is 33.3 Å². The van der Waals surface area contributed by atoms with Gasteiger partial charge in [-0.2, -0.15) is 0 Å². The molecule has 0 spiro atoms. The second-order valence-electron chi connectivity index (χ2n) is 3.09. The van der Waals surface area contributed by atoms with Crippen LogP contribution in [0.1, 0.15) is 0 Å². The van der Waals surface area contributed by atoms with Crippen molar-refractivity contribution < 1.29 is 28.6 Å². The third-order valence-corrected chi connectivity index (χ3v) is 1.70. The molecule has 6 nitrogen and oxygen atoms in total. The van der Waals surface area contributed by atoms with E-state index >= 15 is 0 Å². The van der Waals surface area contributed by atoms with E-state index in [-0.39, 0.29) is 6.54 Å². The largest absolute Gasteiger partial charge is 0.480 e. The molecule has 8 heteroatoms. The van der Waals surface area contributed by atoms with E-state index in [0.717, 1.165) is 4.90 Å². The predicted octanol–water partition coefficient (Wildman–Crippen LogP) is -0.318. The van der Waals surface area contributed by atoms with Gasteiger partial charge in [-0.15, -0.1) is 0 Å². The van der Waals surface area contributed by atoms with Gasteiger partial charge < -0.3 is 20.0 Å². The second-order valence-corrected chi connectivity index (χ2v) is 3.09. The molecule has 0 saturated carbocycles. The van der Waals surface area contributed by atoms with Crippen molar-refractivity contribution >= 4 is 12.0 Å². The van der Waals surface area contributed by atoms with Gasteiger partial charge in [0.1, 0.15) is 6.54 Å². The first-order valence-electron chi connectivity index (χ1n) is 4.49. The van der Waals surface area contributed by atoms with E-state index in [1.54, 1.807) is 0 Å². The number of carbonyl (C=O) groups excluding carboxylic acids is 1. The molecular formula is C8H14F2N2O4. The van der Waals surface area contributed by atoms with Crippen molar-refractivity contribution in [2.24, 2.45) is 0 Å². The van der Waals surface area contributed by atoms with Crippen LogP contribution in [-0.4, -0.2) is 71.7 Å². The molecule has 2 amide bonds. The zero-order valence-electron chi connectivity index (χ0n) is 8.77. The van der Waals surface area contributed by atoms with E-state index in [4.69, 9.17) is 10.2 Å². The van der Waals surface area contributed by atoms with E-state index in [1.165, 1.54) is 7.05 Å². The minimum Gasteiger partial charge on any atom is -0.480 e. The number of aliphatic hydroxyl groups is 1. The van der Waals surface area contributed by atoms with Crippen LogP contribution in [0.15, 0.2) is 0 Å². The second kappa shape index (κ2) is 6.94. The number of aliphatic hydroxyl groups excluding tert-OH is 1. The van der Waals surface area contributed by atoms with Crippen molar-refractivity contribution in [3.8, 4) is 0 Å². The molecule has 94 valence electrons. The molecule has 0 fully saturated rings. The van der Waals surface area contributed by atoms with Gasteiger partial charge in [0.2, 0.25) is 0 Å². The lowest BCUT2D eigenvalue weighted by Crippen LogP contribution is -2.46. The van der Waals surface area contributed by atoms with Crippen molar-refractivity contribution in [1.29, 1.82) is 0 Å². The Morgan fingerprint density at radius 1 is 1.38 bits per heavy atom. The van der Waals surface area contributed by atoms with Crippen molar-refractivity contribution in [2.45, 2.75) is 6.43 Å². The first kappa shape index (κ1) is 14.6. The van der Waals surface area contributed by atoms with Gasteiger partial charge in [-0.05, 0) is 0 Å². The number of carboxylic acids is 1. The number of amides is 2. The number of carbonyl (C=O) groups is 2. The van der Waals surface area contributed by atoms with Crippen LogP contribution in [0.25, 0.3) is 0 Å². The molecule has 0 unspecified atom stereocenters. The summed E-state index contributed by atoms with van der Waals surface area (Å²) < 4.78 is 24.2. The fraction of sp³-hybridized carbons (Fsp3) is 0.750. The number of rotatable bonds is 6. The maximum absolute atomic E-state index is 12.1. The van der Waals surface area contributed by atoms with Crippen LogP contribution in [0.5, 0.6) is 0 Å². The predicted molar refractivity (Wildman–Crippen MR) is 50.3 cm³/mol. The standard InChI is InChI=1S/C8H14F2N2O4/c1-11(5-7(14)15)8(16)12(2-3-13)4-6(9)10/h6,13H,2-5H2,1H3,(H,14,15). The molecule has 0 saturated heterocycles. The van der Waals surface area contributed by atoms with Gasteiger partial charge in [-0.25, -0.2) is 13.6 Å². The fourth-order valence-corrected chi connectivity index (χ4v) is 1.06. The minimum atomic E-state index is -2.73.